The van der Waals surface area contributed by atoms with E-state index in [1.54, 1.807) is 6.07 Å². The molecule has 5 heteroatoms. The molecule has 19 heavy (non-hydrogen) atoms. The number of hydrogen-bond donors (Lipinski definition) is 0. The Morgan fingerprint density at radius 3 is 3.05 bits per heavy atom. The Morgan fingerprint density at radius 1 is 1.42 bits per heavy atom. The third-order valence-corrected chi connectivity index (χ3v) is 3.09. The van der Waals surface area contributed by atoms with Crippen LogP contribution in [0.4, 0.5) is 0 Å². The average molecular weight is 259 g/mol. The first kappa shape index (κ1) is 11.8. The predicted octanol–water partition coefficient (Wildman–Crippen LogP) is 2.45. The van der Waals surface area contributed by atoms with Gasteiger partial charge in [-0.25, -0.2) is 4.79 Å². The van der Waals surface area contributed by atoms with Gasteiger partial charge in [0, 0.05) is 18.1 Å². The van der Waals surface area contributed by atoms with Gasteiger partial charge in [0.15, 0.2) is 11.5 Å². The lowest BCUT2D eigenvalue weighted by Crippen LogP contribution is -2.05. The molecule has 0 N–H and O–H groups in total. The fourth-order valence-corrected chi connectivity index (χ4v) is 2.19. The molecule has 5 nitrogen and oxygen atoms in total. The fourth-order valence-electron chi connectivity index (χ4n) is 2.19. The van der Waals surface area contributed by atoms with Crippen molar-refractivity contribution >= 4 is 5.97 Å². The van der Waals surface area contributed by atoms with Crippen LogP contribution in [0.1, 0.15) is 23.0 Å². The summed E-state index contributed by atoms with van der Waals surface area (Å²) >= 11 is 0. The topological polar surface area (TPSA) is 61.6 Å². The van der Waals surface area contributed by atoms with E-state index in [0.29, 0.717) is 5.76 Å². The zero-order valence-electron chi connectivity index (χ0n) is 10.7. The van der Waals surface area contributed by atoms with Crippen LogP contribution in [0.5, 0.6) is 5.75 Å². The van der Waals surface area contributed by atoms with Gasteiger partial charge in [-0.05, 0) is 30.7 Å². The van der Waals surface area contributed by atoms with Crippen LogP contribution >= 0.6 is 0 Å². The standard InChI is InChI=1S/C14H13NO4/c1-8-5-10-6-9(3-4-12(10)18-8)13-7-11(15-19-13)14(16)17-2/h3-4,6-8H,5H2,1-2H3/t8-/m1/s1. The molecule has 98 valence electrons. The van der Waals surface area contributed by atoms with Gasteiger partial charge in [-0.1, -0.05) is 5.16 Å². The third-order valence-electron chi connectivity index (χ3n) is 3.09. The van der Waals surface area contributed by atoms with E-state index in [0.717, 1.165) is 23.3 Å². The van der Waals surface area contributed by atoms with Gasteiger partial charge in [0.25, 0.3) is 0 Å². The lowest BCUT2D eigenvalue weighted by Gasteiger charge is -2.02. The number of fused-ring (bicyclic) bond motifs is 1. The molecule has 0 bridgehead atoms. The third kappa shape index (κ3) is 2.07. The number of carbonyl (C=O) groups is 1. The van der Waals surface area contributed by atoms with Crippen LogP contribution in [0.15, 0.2) is 28.8 Å². The van der Waals surface area contributed by atoms with E-state index in [1.165, 1.54) is 7.11 Å². The molecule has 0 aliphatic carbocycles. The Bertz CT molecular complexity index is 632. The Kier molecular flexibility index (Phi) is 2.74. The highest BCUT2D eigenvalue weighted by atomic mass is 16.5. The van der Waals surface area contributed by atoms with Crippen molar-refractivity contribution in [1.29, 1.82) is 0 Å². The van der Waals surface area contributed by atoms with Crippen molar-refractivity contribution in [2.45, 2.75) is 19.4 Å². The van der Waals surface area contributed by atoms with Gasteiger partial charge in [-0.3, -0.25) is 0 Å². The molecule has 2 heterocycles. The van der Waals surface area contributed by atoms with E-state index in [1.807, 2.05) is 25.1 Å². The smallest absolute Gasteiger partial charge is 0.360 e. The highest BCUT2D eigenvalue weighted by Gasteiger charge is 2.20. The number of carbonyl (C=O) groups excluding carboxylic acids is 1. The maximum absolute atomic E-state index is 11.3. The summed E-state index contributed by atoms with van der Waals surface area (Å²) in [6.45, 7) is 2.03. The van der Waals surface area contributed by atoms with Gasteiger partial charge >= 0.3 is 5.97 Å². The van der Waals surface area contributed by atoms with Crippen LogP contribution < -0.4 is 4.74 Å². The van der Waals surface area contributed by atoms with Gasteiger partial charge in [0.2, 0.25) is 0 Å². The number of ether oxygens (including phenoxy) is 2. The molecule has 1 atom stereocenters. The van der Waals surface area contributed by atoms with Crippen LogP contribution in [0.25, 0.3) is 11.3 Å². The van der Waals surface area contributed by atoms with E-state index in [4.69, 9.17) is 9.26 Å². The monoisotopic (exact) mass is 259 g/mol. The Morgan fingerprint density at radius 2 is 2.26 bits per heavy atom. The number of nitrogens with zero attached hydrogens (tertiary/aromatic N) is 1. The maximum atomic E-state index is 11.3. The van der Waals surface area contributed by atoms with Crippen LogP contribution in [0.2, 0.25) is 0 Å². The average Bonchev–Trinajstić information content (AvgIpc) is 3.01. The summed E-state index contributed by atoms with van der Waals surface area (Å²) in [6.07, 6.45) is 1.08. The minimum atomic E-state index is -0.506. The van der Waals surface area contributed by atoms with Crippen molar-refractivity contribution in [3.8, 4) is 17.1 Å². The number of hydrogen-bond acceptors (Lipinski definition) is 5. The number of aromatic nitrogens is 1. The summed E-state index contributed by atoms with van der Waals surface area (Å²) < 4.78 is 15.4. The molecule has 0 saturated heterocycles. The normalized spacial score (nSPS) is 16.8. The maximum Gasteiger partial charge on any atom is 0.360 e. The number of esters is 1. The highest BCUT2D eigenvalue weighted by Crippen LogP contribution is 2.33. The second-order valence-corrected chi connectivity index (χ2v) is 4.52. The minimum Gasteiger partial charge on any atom is -0.490 e. The molecular weight excluding hydrogens is 246 g/mol. The summed E-state index contributed by atoms with van der Waals surface area (Å²) in [7, 11) is 1.31. The van der Waals surface area contributed by atoms with Gasteiger partial charge in [-0.15, -0.1) is 0 Å². The number of benzene rings is 1. The zero-order valence-corrected chi connectivity index (χ0v) is 10.7. The van der Waals surface area contributed by atoms with Crippen molar-refractivity contribution in [1.82, 2.24) is 5.16 Å². The summed E-state index contributed by atoms with van der Waals surface area (Å²) in [5, 5.41) is 3.69. The molecule has 0 spiro atoms. The molecule has 0 saturated carbocycles. The molecule has 1 aliphatic rings. The molecule has 0 fully saturated rings. The van der Waals surface area contributed by atoms with Crippen molar-refractivity contribution < 1.29 is 18.8 Å². The molecule has 0 radical (unpaired) electrons. The van der Waals surface area contributed by atoms with E-state index < -0.39 is 5.97 Å². The first-order chi connectivity index (χ1) is 9.17. The highest BCUT2D eigenvalue weighted by molar-refractivity contribution is 5.88. The Labute approximate surface area is 110 Å². The second-order valence-electron chi connectivity index (χ2n) is 4.52. The first-order valence-corrected chi connectivity index (χ1v) is 6.02. The van der Waals surface area contributed by atoms with Crippen molar-refractivity contribution in [2.75, 3.05) is 7.11 Å². The van der Waals surface area contributed by atoms with Crippen LogP contribution in [0, 0.1) is 0 Å². The predicted molar refractivity (Wildman–Crippen MR) is 67.1 cm³/mol. The zero-order chi connectivity index (χ0) is 13.4. The van der Waals surface area contributed by atoms with Crippen molar-refractivity contribution in [3.05, 3.63) is 35.5 Å². The van der Waals surface area contributed by atoms with Crippen LogP contribution in [0.3, 0.4) is 0 Å². The van der Waals surface area contributed by atoms with E-state index in [9.17, 15) is 4.79 Å². The molecule has 0 unspecified atom stereocenters. The number of rotatable bonds is 2. The SMILES string of the molecule is COC(=O)c1cc(-c2ccc3c(c2)C[C@@H](C)O3)on1. The lowest BCUT2D eigenvalue weighted by molar-refractivity contribution is 0.0589. The van der Waals surface area contributed by atoms with Gasteiger partial charge < -0.3 is 14.0 Å². The number of methoxy groups -OCH3 is 1. The quantitative estimate of drug-likeness (QED) is 0.775. The summed E-state index contributed by atoms with van der Waals surface area (Å²) in [4.78, 5) is 11.3. The molecule has 0 amide bonds. The van der Waals surface area contributed by atoms with Crippen LogP contribution in [-0.4, -0.2) is 24.3 Å². The van der Waals surface area contributed by atoms with Crippen LogP contribution in [-0.2, 0) is 11.2 Å². The minimum absolute atomic E-state index is 0.169. The molecule has 1 aromatic carbocycles. The largest absolute Gasteiger partial charge is 0.490 e. The van der Waals surface area contributed by atoms with Crippen molar-refractivity contribution in [3.63, 3.8) is 0 Å². The van der Waals surface area contributed by atoms with Gasteiger partial charge in [0.1, 0.15) is 11.9 Å². The molecule has 1 aliphatic heterocycles. The second kappa shape index (κ2) is 4.42. The van der Waals surface area contributed by atoms with E-state index in [2.05, 4.69) is 9.89 Å². The molecular formula is C14H13NO4. The molecule has 3 rings (SSSR count). The van der Waals surface area contributed by atoms with Gasteiger partial charge in [0.05, 0.1) is 7.11 Å². The molecule has 1 aromatic heterocycles. The Hall–Kier alpha value is -2.30. The molecule has 2 aromatic rings. The van der Waals surface area contributed by atoms with E-state index in [-0.39, 0.29) is 11.8 Å². The van der Waals surface area contributed by atoms with Crippen molar-refractivity contribution in [2.24, 2.45) is 0 Å². The summed E-state index contributed by atoms with van der Waals surface area (Å²) in [5.41, 5.74) is 2.18. The first-order valence-electron chi connectivity index (χ1n) is 6.02. The fraction of sp³-hybridized carbons (Fsp3) is 0.286. The van der Waals surface area contributed by atoms with E-state index >= 15 is 0 Å². The Balaban J connectivity index is 1.93. The summed E-state index contributed by atoms with van der Waals surface area (Å²) in [6, 6.07) is 7.38. The summed E-state index contributed by atoms with van der Waals surface area (Å²) in [5.74, 6) is 0.944. The van der Waals surface area contributed by atoms with Gasteiger partial charge in [-0.2, -0.15) is 0 Å². The lowest BCUT2D eigenvalue weighted by atomic mass is 10.1.